The summed E-state index contributed by atoms with van der Waals surface area (Å²) in [7, 11) is -3.78. The number of halogens is 1. The van der Waals surface area contributed by atoms with Crippen molar-refractivity contribution in [1.82, 2.24) is 9.78 Å². The van der Waals surface area contributed by atoms with Crippen molar-refractivity contribution >= 4 is 37.5 Å². The highest BCUT2D eigenvalue weighted by Gasteiger charge is 2.14. The van der Waals surface area contributed by atoms with Crippen LogP contribution in [0.4, 0.5) is 5.69 Å². The summed E-state index contributed by atoms with van der Waals surface area (Å²) in [4.78, 5) is 11.3. The van der Waals surface area contributed by atoms with E-state index in [4.69, 9.17) is 10.2 Å². The van der Waals surface area contributed by atoms with Gasteiger partial charge in [0.2, 0.25) is 15.9 Å². The van der Waals surface area contributed by atoms with Crippen LogP contribution in [-0.4, -0.2) is 24.1 Å². The summed E-state index contributed by atoms with van der Waals surface area (Å²) in [6.07, 6.45) is 0.589. The third-order valence-corrected chi connectivity index (χ3v) is 6.43. The summed E-state index contributed by atoms with van der Waals surface area (Å²) in [6.45, 7) is 1.47. The lowest BCUT2D eigenvalue weighted by Crippen LogP contribution is -2.12. The standard InChI is InChI=1S/C24H21BrN4O3S/c1-16(30)27-20-8-2-17(3-9-20)14-21-15-24(18-4-6-19(25)7-5-18)29(28-21)22-10-12-23(13-11-22)33(26,31)32/h2-13,15H,14H2,1H3,(H,27,30)(H2,26,31,32). The van der Waals surface area contributed by atoms with E-state index in [-0.39, 0.29) is 10.8 Å². The maximum absolute atomic E-state index is 11.6. The summed E-state index contributed by atoms with van der Waals surface area (Å²) in [5, 5.41) is 12.8. The van der Waals surface area contributed by atoms with Crippen LogP contribution in [0.5, 0.6) is 0 Å². The molecule has 3 aromatic carbocycles. The lowest BCUT2D eigenvalue weighted by molar-refractivity contribution is -0.114. The third-order valence-electron chi connectivity index (χ3n) is 4.97. The topological polar surface area (TPSA) is 107 Å². The van der Waals surface area contributed by atoms with Gasteiger partial charge in [-0.15, -0.1) is 0 Å². The molecule has 0 spiro atoms. The van der Waals surface area contributed by atoms with Gasteiger partial charge in [0.25, 0.3) is 0 Å². The number of sulfonamides is 1. The van der Waals surface area contributed by atoms with Gasteiger partial charge >= 0.3 is 0 Å². The zero-order chi connectivity index (χ0) is 23.6. The van der Waals surface area contributed by atoms with Gasteiger partial charge in [-0.25, -0.2) is 18.2 Å². The van der Waals surface area contributed by atoms with Gasteiger partial charge < -0.3 is 5.32 Å². The summed E-state index contributed by atoms with van der Waals surface area (Å²) in [5.41, 5.74) is 5.18. The molecular formula is C24H21BrN4O3S. The Morgan fingerprint density at radius 3 is 2.21 bits per heavy atom. The van der Waals surface area contributed by atoms with Crippen molar-refractivity contribution in [3.63, 3.8) is 0 Å². The van der Waals surface area contributed by atoms with Gasteiger partial charge in [0.15, 0.2) is 0 Å². The highest BCUT2D eigenvalue weighted by molar-refractivity contribution is 9.10. The molecule has 168 valence electrons. The molecule has 0 aliphatic heterocycles. The Labute approximate surface area is 200 Å². The first-order chi connectivity index (χ1) is 15.7. The number of benzene rings is 3. The first kappa shape index (κ1) is 22.9. The molecule has 0 fully saturated rings. The van der Waals surface area contributed by atoms with E-state index in [0.717, 1.165) is 32.7 Å². The van der Waals surface area contributed by atoms with Crippen LogP contribution in [0.15, 0.2) is 88.2 Å². The van der Waals surface area contributed by atoms with Crippen molar-refractivity contribution in [1.29, 1.82) is 0 Å². The number of aromatic nitrogens is 2. The third kappa shape index (κ3) is 5.57. The number of nitrogens with two attached hydrogens (primary N) is 1. The monoisotopic (exact) mass is 524 g/mol. The Morgan fingerprint density at radius 2 is 1.64 bits per heavy atom. The highest BCUT2D eigenvalue weighted by atomic mass is 79.9. The lowest BCUT2D eigenvalue weighted by Gasteiger charge is -2.08. The van der Waals surface area contributed by atoms with Gasteiger partial charge in [-0.1, -0.05) is 40.2 Å². The van der Waals surface area contributed by atoms with Gasteiger partial charge in [-0.3, -0.25) is 4.79 Å². The van der Waals surface area contributed by atoms with E-state index in [1.54, 1.807) is 16.8 Å². The molecule has 0 aliphatic carbocycles. The van der Waals surface area contributed by atoms with Crippen molar-refractivity contribution in [2.75, 3.05) is 5.32 Å². The molecule has 1 amide bonds. The van der Waals surface area contributed by atoms with Gasteiger partial charge in [0, 0.05) is 29.1 Å². The van der Waals surface area contributed by atoms with E-state index in [1.165, 1.54) is 19.1 Å². The Hall–Kier alpha value is -3.27. The van der Waals surface area contributed by atoms with Gasteiger partial charge in [0.1, 0.15) is 0 Å². The number of amides is 1. The molecule has 4 aromatic rings. The maximum Gasteiger partial charge on any atom is 0.238 e. The predicted molar refractivity (Wildman–Crippen MR) is 132 cm³/mol. The molecule has 7 nitrogen and oxygen atoms in total. The largest absolute Gasteiger partial charge is 0.326 e. The van der Waals surface area contributed by atoms with Crippen LogP contribution < -0.4 is 10.5 Å². The van der Waals surface area contributed by atoms with E-state index in [9.17, 15) is 13.2 Å². The van der Waals surface area contributed by atoms with Crippen LogP contribution in [-0.2, 0) is 21.2 Å². The van der Waals surface area contributed by atoms with Crippen LogP contribution in [0, 0.1) is 0 Å². The fourth-order valence-corrected chi connectivity index (χ4v) is 4.21. The quantitative estimate of drug-likeness (QED) is 0.387. The predicted octanol–water partition coefficient (Wildman–Crippen LogP) is 4.50. The Morgan fingerprint density at radius 1 is 1.00 bits per heavy atom. The number of nitrogens with one attached hydrogen (secondary N) is 1. The molecule has 9 heteroatoms. The average molecular weight is 525 g/mol. The van der Waals surface area contributed by atoms with Crippen molar-refractivity contribution < 1.29 is 13.2 Å². The summed E-state index contributed by atoms with van der Waals surface area (Å²) >= 11 is 3.46. The van der Waals surface area contributed by atoms with E-state index >= 15 is 0 Å². The fourth-order valence-electron chi connectivity index (χ4n) is 3.43. The summed E-state index contributed by atoms with van der Waals surface area (Å²) in [6, 6.07) is 23.8. The van der Waals surface area contributed by atoms with E-state index in [2.05, 4.69) is 21.2 Å². The molecule has 0 atom stereocenters. The summed E-state index contributed by atoms with van der Waals surface area (Å²) < 4.78 is 26.0. The molecule has 0 bridgehead atoms. The highest BCUT2D eigenvalue weighted by Crippen LogP contribution is 2.27. The van der Waals surface area contributed by atoms with E-state index in [1.807, 2.05) is 54.6 Å². The number of rotatable bonds is 6. The van der Waals surface area contributed by atoms with Crippen molar-refractivity contribution in [2.24, 2.45) is 5.14 Å². The number of hydrogen-bond donors (Lipinski definition) is 2. The molecule has 33 heavy (non-hydrogen) atoms. The smallest absolute Gasteiger partial charge is 0.238 e. The van der Waals surface area contributed by atoms with Crippen LogP contribution >= 0.6 is 15.9 Å². The second-order valence-electron chi connectivity index (χ2n) is 7.53. The van der Waals surface area contributed by atoms with Crippen LogP contribution in [0.3, 0.4) is 0 Å². The van der Waals surface area contributed by atoms with Gasteiger partial charge in [0.05, 0.1) is 22.0 Å². The lowest BCUT2D eigenvalue weighted by atomic mass is 10.1. The molecule has 1 aromatic heterocycles. The number of carbonyl (C=O) groups excluding carboxylic acids is 1. The van der Waals surface area contributed by atoms with Crippen LogP contribution in [0.1, 0.15) is 18.2 Å². The minimum atomic E-state index is -3.78. The SMILES string of the molecule is CC(=O)Nc1ccc(Cc2cc(-c3ccc(Br)cc3)n(-c3ccc(S(N)(=O)=O)cc3)n2)cc1. The molecule has 4 rings (SSSR count). The minimum Gasteiger partial charge on any atom is -0.326 e. The fraction of sp³-hybridized carbons (Fsp3) is 0.0833. The van der Waals surface area contributed by atoms with Gasteiger partial charge in [-0.05, 0) is 60.2 Å². The zero-order valence-electron chi connectivity index (χ0n) is 17.7. The molecule has 0 aliphatic rings. The van der Waals surface area contributed by atoms with Crippen molar-refractivity contribution in [3.05, 3.63) is 94.6 Å². The molecule has 0 saturated carbocycles. The first-order valence-corrected chi connectivity index (χ1v) is 12.4. The molecule has 0 unspecified atom stereocenters. The first-order valence-electron chi connectivity index (χ1n) is 10.0. The van der Waals surface area contributed by atoms with E-state index in [0.29, 0.717) is 12.1 Å². The van der Waals surface area contributed by atoms with Crippen molar-refractivity contribution in [3.8, 4) is 16.9 Å². The normalized spacial score (nSPS) is 11.4. The van der Waals surface area contributed by atoms with Crippen LogP contribution in [0.2, 0.25) is 0 Å². The van der Waals surface area contributed by atoms with Crippen molar-refractivity contribution in [2.45, 2.75) is 18.2 Å². The number of nitrogens with zero attached hydrogens (tertiary/aromatic N) is 2. The number of hydrogen-bond acceptors (Lipinski definition) is 4. The minimum absolute atomic E-state index is 0.0445. The Kier molecular flexibility index (Phi) is 6.46. The molecular weight excluding hydrogens is 504 g/mol. The number of primary sulfonamides is 1. The Bertz CT molecular complexity index is 1400. The molecule has 3 N–H and O–H groups in total. The molecule has 0 saturated heterocycles. The van der Waals surface area contributed by atoms with Crippen LogP contribution in [0.25, 0.3) is 16.9 Å². The number of anilines is 1. The Balaban J connectivity index is 1.71. The summed E-state index contributed by atoms with van der Waals surface area (Å²) in [5.74, 6) is -0.117. The maximum atomic E-state index is 11.6. The second kappa shape index (κ2) is 9.30. The zero-order valence-corrected chi connectivity index (χ0v) is 20.1. The van der Waals surface area contributed by atoms with Gasteiger partial charge in [-0.2, -0.15) is 5.10 Å². The second-order valence-corrected chi connectivity index (χ2v) is 10.0. The molecule has 0 radical (unpaired) electrons. The number of carbonyl (C=O) groups is 1. The van der Waals surface area contributed by atoms with E-state index < -0.39 is 10.0 Å². The molecule has 1 heterocycles. The average Bonchev–Trinajstić information content (AvgIpc) is 3.18.